The minimum Gasteiger partial charge on any atom is -0.329 e. The minimum absolute atomic E-state index is 0.0320. The molecule has 0 aromatic carbocycles. The molecule has 0 radical (unpaired) electrons. The van der Waals surface area contributed by atoms with Gasteiger partial charge in [0.15, 0.2) is 5.41 Å². The Balaban J connectivity index is 1.99. The van der Waals surface area contributed by atoms with Crippen LogP contribution in [-0.2, 0) is 0 Å². The number of nitriles is 3. The molecule has 1 aromatic heterocycles. The second-order valence-corrected chi connectivity index (χ2v) is 8.21. The van der Waals surface area contributed by atoms with Gasteiger partial charge in [-0.1, -0.05) is 6.07 Å². The van der Waals surface area contributed by atoms with Crippen molar-refractivity contribution in [2.75, 3.05) is 7.05 Å². The lowest BCUT2D eigenvalue weighted by Gasteiger charge is -2.48. The molecule has 3 aliphatic rings. The van der Waals surface area contributed by atoms with Crippen LogP contribution in [0.4, 0.5) is 0 Å². The van der Waals surface area contributed by atoms with Gasteiger partial charge in [-0.25, -0.2) is 0 Å². The largest absolute Gasteiger partial charge is 0.329 e. The van der Waals surface area contributed by atoms with Gasteiger partial charge in [0.2, 0.25) is 0 Å². The molecule has 0 spiro atoms. The van der Waals surface area contributed by atoms with Crippen LogP contribution in [0.5, 0.6) is 0 Å². The second-order valence-electron chi connectivity index (χ2n) is 7.23. The highest BCUT2D eigenvalue weighted by molar-refractivity contribution is 7.10. The number of hydrogen-bond donors (Lipinski definition) is 2. The number of quaternary nitrogens is 1. The van der Waals surface area contributed by atoms with Crippen LogP contribution in [0, 0.1) is 56.7 Å². The normalized spacial score (nSPS) is 38.0. The molecule has 0 amide bonds. The predicted molar refractivity (Wildman–Crippen MR) is 92.8 cm³/mol. The molecule has 1 aliphatic carbocycles. The molecular formula is C19H18N5S+. The van der Waals surface area contributed by atoms with E-state index in [1.165, 1.54) is 16.2 Å². The first-order valence-electron chi connectivity index (χ1n) is 8.48. The van der Waals surface area contributed by atoms with Crippen LogP contribution in [0.3, 0.4) is 0 Å². The number of fused-ring (bicyclic) bond motifs is 4. The molecule has 25 heavy (non-hydrogen) atoms. The molecule has 2 unspecified atom stereocenters. The zero-order valence-electron chi connectivity index (χ0n) is 13.9. The van der Waals surface area contributed by atoms with Gasteiger partial charge < -0.3 is 10.3 Å². The highest BCUT2D eigenvalue weighted by Crippen LogP contribution is 2.56. The third kappa shape index (κ3) is 1.91. The fraction of sp³-hybridized carbons (Fsp3) is 0.474. The molecule has 5 nitrogen and oxygen atoms in total. The molecule has 2 aliphatic heterocycles. The van der Waals surface area contributed by atoms with Crippen molar-refractivity contribution in [2.45, 2.75) is 30.8 Å². The Morgan fingerprint density at radius 2 is 2.04 bits per heavy atom. The summed E-state index contributed by atoms with van der Waals surface area (Å²) in [6.07, 6.45) is 4.26. The maximum Gasteiger partial charge on any atom is 0.190 e. The first-order chi connectivity index (χ1) is 12.1. The summed E-state index contributed by atoms with van der Waals surface area (Å²) in [5, 5.41) is 40.2. The van der Waals surface area contributed by atoms with E-state index >= 15 is 0 Å². The highest BCUT2D eigenvalue weighted by Gasteiger charge is 2.63. The zero-order chi connectivity index (χ0) is 17.8. The van der Waals surface area contributed by atoms with E-state index in [0.717, 1.165) is 23.3 Å². The average Bonchev–Trinajstić information content (AvgIpc) is 3.21. The molecule has 1 saturated carbocycles. The van der Waals surface area contributed by atoms with E-state index in [2.05, 4.69) is 31.3 Å². The van der Waals surface area contributed by atoms with Crippen molar-refractivity contribution < 1.29 is 4.90 Å². The first-order valence-corrected chi connectivity index (χ1v) is 9.36. The quantitative estimate of drug-likeness (QED) is 0.755. The third-order valence-corrected chi connectivity index (χ3v) is 7.33. The van der Waals surface area contributed by atoms with Crippen molar-refractivity contribution in [3.63, 3.8) is 0 Å². The molecule has 1 saturated heterocycles. The van der Waals surface area contributed by atoms with Crippen LogP contribution >= 0.6 is 11.3 Å². The number of nitrogens with one attached hydrogen (secondary N) is 2. The van der Waals surface area contributed by atoms with Crippen LogP contribution in [0.15, 0.2) is 29.2 Å². The van der Waals surface area contributed by atoms with Crippen molar-refractivity contribution >= 4 is 17.0 Å². The van der Waals surface area contributed by atoms with Crippen LogP contribution in [-0.4, -0.2) is 24.8 Å². The molecule has 2 fully saturated rings. The lowest BCUT2D eigenvalue weighted by Crippen LogP contribution is -3.15. The lowest BCUT2D eigenvalue weighted by atomic mass is 9.54. The van der Waals surface area contributed by atoms with Gasteiger partial charge in [0.1, 0.15) is 12.0 Å². The first kappa shape index (κ1) is 16.0. The topological polar surface area (TPSA) is 99.7 Å². The Kier molecular flexibility index (Phi) is 3.55. The molecule has 1 aromatic rings. The maximum atomic E-state index is 9.98. The number of rotatable bonds is 1. The molecule has 4 rings (SSSR count). The summed E-state index contributed by atoms with van der Waals surface area (Å²) >= 11 is 1.54. The van der Waals surface area contributed by atoms with Gasteiger partial charge in [-0.2, -0.15) is 15.8 Å². The summed E-state index contributed by atoms with van der Waals surface area (Å²) in [6.45, 7) is 0. The molecule has 124 valence electrons. The summed E-state index contributed by atoms with van der Waals surface area (Å²) in [4.78, 5) is 2.38. The van der Waals surface area contributed by atoms with E-state index in [4.69, 9.17) is 5.41 Å². The van der Waals surface area contributed by atoms with Gasteiger partial charge in [-0.3, -0.25) is 0 Å². The lowest BCUT2D eigenvalue weighted by molar-refractivity contribution is -0.916. The molecule has 2 N–H and O–H groups in total. The monoisotopic (exact) mass is 348 g/mol. The summed E-state index contributed by atoms with van der Waals surface area (Å²) in [7, 11) is 2.17. The fourth-order valence-electron chi connectivity index (χ4n) is 5.17. The van der Waals surface area contributed by atoms with E-state index in [1.54, 1.807) is 0 Å². The second kappa shape index (κ2) is 5.53. The van der Waals surface area contributed by atoms with Gasteiger partial charge in [0.25, 0.3) is 0 Å². The highest BCUT2D eigenvalue weighted by atomic mass is 32.1. The Labute approximate surface area is 150 Å². The molecule has 6 heteroatoms. The summed E-state index contributed by atoms with van der Waals surface area (Å²) in [6, 6.07) is 11.1. The molecule has 3 heterocycles. The van der Waals surface area contributed by atoms with Crippen LogP contribution in [0.25, 0.3) is 0 Å². The van der Waals surface area contributed by atoms with Gasteiger partial charge in [0.05, 0.1) is 37.0 Å². The van der Waals surface area contributed by atoms with E-state index in [1.807, 2.05) is 17.5 Å². The third-order valence-electron chi connectivity index (χ3n) is 6.37. The average molecular weight is 348 g/mol. The Hall–Kier alpha value is -2.46. The minimum atomic E-state index is -1.57. The van der Waals surface area contributed by atoms with Crippen molar-refractivity contribution in [1.29, 1.82) is 21.2 Å². The van der Waals surface area contributed by atoms with E-state index < -0.39 is 11.3 Å². The molecule has 6 atom stereocenters. The van der Waals surface area contributed by atoms with Crippen LogP contribution in [0.1, 0.15) is 23.6 Å². The summed E-state index contributed by atoms with van der Waals surface area (Å²) < 4.78 is 0. The maximum absolute atomic E-state index is 9.98. The summed E-state index contributed by atoms with van der Waals surface area (Å²) in [5.41, 5.74) is -0.631. The predicted octanol–water partition coefficient (Wildman–Crippen LogP) is 1.64. The fourth-order valence-corrected chi connectivity index (χ4v) is 6.11. The standard InChI is InChI=1S/C19H17N5S/c1-24-11-4-5-14(24)16-12(7-11)13(8-20)18(23)19(9-21,10-22)17(16)15-3-2-6-25-15/h2-3,6-7,11,13-14,16-17,23H,4-5H2,1H3/p+1/t11-,13?,14+,16-,17+/m1/s1. The zero-order valence-corrected chi connectivity index (χ0v) is 14.7. The number of likely N-dealkylation sites (N-methyl/N-ethyl adjacent to an activating group) is 1. The SMILES string of the molecule is C[NH+]1[C@H]2C=C3C(C#N)C(=N)C(C#N)(C#N)[C@@H](c4cccs4)[C@H]3[C@@H]1CC2. The Bertz CT molecular complexity index is 864. The number of nitrogens with zero attached hydrogens (tertiary/aromatic N) is 3. The summed E-state index contributed by atoms with van der Waals surface area (Å²) in [5.74, 6) is -1.16. The number of thiophene rings is 1. The van der Waals surface area contributed by atoms with Gasteiger partial charge in [0, 0.05) is 29.6 Å². The van der Waals surface area contributed by atoms with Crippen molar-refractivity contribution in [2.24, 2.45) is 17.3 Å². The van der Waals surface area contributed by atoms with Gasteiger partial charge in [-0.15, -0.1) is 11.3 Å². The van der Waals surface area contributed by atoms with Gasteiger partial charge >= 0.3 is 0 Å². The van der Waals surface area contributed by atoms with Crippen molar-refractivity contribution in [1.82, 2.24) is 0 Å². The molecule has 2 bridgehead atoms. The Morgan fingerprint density at radius 1 is 1.28 bits per heavy atom. The van der Waals surface area contributed by atoms with Crippen molar-refractivity contribution in [3.8, 4) is 18.2 Å². The van der Waals surface area contributed by atoms with Crippen LogP contribution < -0.4 is 4.90 Å². The van der Waals surface area contributed by atoms with E-state index in [-0.39, 0.29) is 17.5 Å². The van der Waals surface area contributed by atoms with Gasteiger partial charge in [-0.05, 0) is 23.1 Å². The van der Waals surface area contributed by atoms with E-state index in [9.17, 15) is 15.8 Å². The molecular weight excluding hydrogens is 330 g/mol. The Morgan fingerprint density at radius 3 is 2.64 bits per heavy atom. The van der Waals surface area contributed by atoms with E-state index in [0.29, 0.717) is 12.1 Å². The van der Waals surface area contributed by atoms with Crippen molar-refractivity contribution in [3.05, 3.63) is 34.0 Å². The number of hydrogen-bond acceptors (Lipinski definition) is 5. The smallest absolute Gasteiger partial charge is 0.190 e. The van der Waals surface area contributed by atoms with Crippen LogP contribution in [0.2, 0.25) is 0 Å².